The highest BCUT2D eigenvalue weighted by Gasteiger charge is 2.13. The molecule has 0 saturated carbocycles. The molecule has 0 fully saturated rings. The molecule has 0 aliphatic carbocycles. The Hall–Kier alpha value is -1.95. The number of amides is 1. The average molecular weight is 263 g/mol. The van der Waals surface area contributed by atoms with Crippen molar-refractivity contribution in [2.75, 3.05) is 5.32 Å². The minimum absolute atomic E-state index is 0.143. The SMILES string of the molecule is CC(C)c1csc(NC(=O)c2ccncc2O)n1. The number of aromatic nitrogens is 2. The van der Waals surface area contributed by atoms with Gasteiger partial charge in [0.25, 0.3) is 5.91 Å². The van der Waals surface area contributed by atoms with Crippen LogP contribution >= 0.6 is 11.3 Å². The third-order valence-electron chi connectivity index (χ3n) is 2.38. The molecule has 0 radical (unpaired) electrons. The average Bonchev–Trinajstić information content (AvgIpc) is 2.78. The van der Waals surface area contributed by atoms with E-state index in [1.165, 1.54) is 29.8 Å². The van der Waals surface area contributed by atoms with Crippen molar-refractivity contribution in [3.8, 4) is 5.75 Å². The van der Waals surface area contributed by atoms with Crippen LogP contribution in [0.3, 0.4) is 0 Å². The van der Waals surface area contributed by atoms with E-state index in [1.54, 1.807) is 0 Å². The van der Waals surface area contributed by atoms with E-state index in [0.29, 0.717) is 11.0 Å². The van der Waals surface area contributed by atoms with Crippen LogP contribution in [0, 0.1) is 0 Å². The van der Waals surface area contributed by atoms with Crippen LogP contribution in [-0.4, -0.2) is 21.0 Å². The summed E-state index contributed by atoms with van der Waals surface area (Å²) in [6.45, 7) is 4.07. The minimum Gasteiger partial charge on any atom is -0.505 e. The Kier molecular flexibility index (Phi) is 3.57. The molecule has 5 nitrogen and oxygen atoms in total. The van der Waals surface area contributed by atoms with Gasteiger partial charge in [-0.1, -0.05) is 13.8 Å². The summed E-state index contributed by atoms with van der Waals surface area (Å²) < 4.78 is 0. The second-order valence-corrected chi connectivity index (χ2v) is 4.94. The summed E-state index contributed by atoms with van der Waals surface area (Å²) in [5.41, 5.74) is 1.13. The van der Waals surface area contributed by atoms with Gasteiger partial charge in [-0.25, -0.2) is 4.98 Å². The molecule has 6 heteroatoms. The number of hydrogen-bond acceptors (Lipinski definition) is 5. The Morgan fingerprint density at radius 3 is 2.89 bits per heavy atom. The standard InChI is InChI=1S/C12H13N3O2S/c1-7(2)9-6-18-12(14-9)15-11(17)8-3-4-13-5-10(8)16/h3-7,16H,1-2H3,(H,14,15,17). The summed E-state index contributed by atoms with van der Waals surface area (Å²) in [4.78, 5) is 19.9. The van der Waals surface area contributed by atoms with Crippen LogP contribution in [0.2, 0.25) is 0 Å². The summed E-state index contributed by atoms with van der Waals surface area (Å²) in [5, 5.41) is 14.6. The van der Waals surface area contributed by atoms with Gasteiger partial charge in [0.2, 0.25) is 0 Å². The van der Waals surface area contributed by atoms with Crippen LogP contribution in [0.25, 0.3) is 0 Å². The summed E-state index contributed by atoms with van der Waals surface area (Å²) in [7, 11) is 0. The van der Waals surface area contributed by atoms with E-state index in [1.807, 2.05) is 19.2 Å². The lowest BCUT2D eigenvalue weighted by Crippen LogP contribution is -2.12. The Morgan fingerprint density at radius 1 is 1.50 bits per heavy atom. The second-order valence-electron chi connectivity index (χ2n) is 4.08. The van der Waals surface area contributed by atoms with Crippen molar-refractivity contribution >= 4 is 22.4 Å². The van der Waals surface area contributed by atoms with Gasteiger partial charge in [-0.2, -0.15) is 0 Å². The largest absolute Gasteiger partial charge is 0.505 e. The number of hydrogen-bond donors (Lipinski definition) is 2. The molecule has 0 saturated heterocycles. The van der Waals surface area contributed by atoms with E-state index in [9.17, 15) is 9.90 Å². The summed E-state index contributed by atoms with van der Waals surface area (Å²) in [6, 6.07) is 1.46. The van der Waals surface area contributed by atoms with E-state index in [2.05, 4.69) is 15.3 Å². The van der Waals surface area contributed by atoms with Crippen molar-refractivity contribution in [3.63, 3.8) is 0 Å². The molecule has 94 valence electrons. The molecule has 0 aliphatic heterocycles. The summed E-state index contributed by atoms with van der Waals surface area (Å²) >= 11 is 1.37. The number of thiazole rings is 1. The van der Waals surface area contributed by atoms with Crippen molar-refractivity contribution in [1.29, 1.82) is 0 Å². The molecule has 2 heterocycles. The summed E-state index contributed by atoms with van der Waals surface area (Å²) in [6.07, 6.45) is 2.69. The molecule has 0 spiro atoms. The molecule has 2 aromatic heterocycles. The molecular weight excluding hydrogens is 250 g/mol. The molecule has 2 N–H and O–H groups in total. The first-order valence-corrected chi connectivity index (χ1v) is 6.35. The van der Waals surface area contributed by atoms with Crippen molar-refractivity contribution < 1.29 is 9.90 Å². The lowest BCUT2D eigenvalue weighted by atomic mass is 10.2. The molecule has 0 aromatic carbocycles. The van der Waals surface area contributed by atoms with E-state index in [4.69, 9.17) is 0 Å². The van der Waals surface area contributed by atoms with Crippen LogP contribution in [0.1, 0.15) is 35.8 Å². The van der Waals surface area contributed by atoms with Crippen LogP contribution in [0.4, 0.5) is 5.13 Å². The van der Waals surface area contributed by atoms with Gasteiger partial charge in [0.1, 0.15) is 5.75 Å². The van der Waals surface area contributed by atoms with Crippen molar-refractivity contribution in [2.24, 2.45) is 0 Å². The molecule has 2 rings (SSSR count). The first-order chi connectivity index (χ1) is 8.58. The zero-order valence-corrected chi connectivity index (χ0v) is 10.9. The van der Waals surface area contributed by atoms with Crippen LogP contribution in [0.15, 0.2) is 23.8 Å². The lowest BCUT2D eigenvalue weighted by molar-refractivity contribution is 0.102. The predicted octanol–water partition coefficient (Wildman–Crippen LogP) is 2.62. The number of rotatable bonds is 3. The summed E-state index contributed by atoms with van der Waals surface area (Å²) in [5.74, 6) is -0.212. The normalized spacial score (nSPS) is 10.6. The zero-order valence-electron chi connectivity index (χ0n) is 10.0. The number of carbonyl (C=O) groups is 1. The molecule has 0 aliphatic rings. The molecule has 18 heavy (non-hydrogen) atoms. The topological polar surface area (TPSA) is 75.1 Å². The monoisotopic (exact) mass is 263 g/mol. The quantitative estimate of drug-likeness (QED) is 0.892. The van der Waals surface area contributed by atoms with E-state index < -0.39 is 0 Å². The molecule has 0 bridgehead atoms. The lowest BCUT2D eigenvalue weighted by Gasteiger charge is -2.03. The van der Waals surface area contributed by atoms with Crippen molar-refractivity contribution in [1.82, 2.24) is 9.97 Å². The van der Waals surface area contributed by atoms with E-state index >= 15 is 0 Å². The molecule has 0 atom stereocenters. The van der Waals surface area contributed by atoms with Gasteiger partial charge in [-0.3, -0.25) is 15.1 Å². The van der Waals surface area contributed by atoms with Crippen LogP contribution in [0.5, 0.6) is 5.75 Å². The van der Waals surface area contributed by atoms with Gasteiger partial charge in [0.05, 0.1) is 17.5 Å². The third-order valence-corrected chi connectivity index (χ3v) is 3.15. The van der Waals surface area contributed by atoms with E-state index in [-0.39, 0.29) is 17.2 Å². The van der Waals surface area contributed by atoms with Gasteiger partial charge >= 0.3 is 0 Å². The van der Waals surface area contributed by atoms with Gasteiger partial charge in [0, 0.05) is 11.6 Å². The minimum atomic E-state index is -0.389. The fourth-order valence-electron chi connectivity index (χ4n) is 1.35. The van der Waals surface area contributed by atoms with Crippen LogP contribution < -0.4 is 5.32 Å². The number of nitrogens with zero attached hydrogens (tertiary/aromatic N) is 2. The van der Waals surface area contributed by atoms with Gasteiger partial charge in [-0.15, -0.1) is 11.3 Å². The number of carbonyl (C=O) groups excluding carboxylic acids is 1. The highest BCUT2D eigenvalue weighted by Crippen LogP contribution is 2.23. The number of pyridine rings is 1. The smallest absolute Gasteiger partial charge is 0.261 e. The first kappa shape index (κ1) is 12.5. The fourth-order valence-corrected chi connectivity index (χ4v) is 2.22. The first-order valence-electron chi connectivity index (χ1n) is 5.47. The Bertz CT molecular complexity index is 566. The number of nitrogens with one attached hydrogen (secondary N) is 1. The van der Waals surface area contributed by atoms with Crippen molar-refractivity contribution in [3.05, 3.63) is 35.1 Å². The number of anilines is 1. The Labute approximate surface area is 109 Å². The maximum atomic E-state index is 11.9. The fraction of sp³-hybridized carbons (Fsp3) is 0.250. The molecule has 0 unspecified atom stereocenters. The Morgan fingerprint density at radius 2 is 2.28 bits per heavy atom. The maximum absolute atomic E-state index is 11.9. The zero-order chi connectivity index (χ0) is 13.1. The van der Waals surface area contributed by atoms with Crippen LogP contribution in [-0.2, 0) is 0 Å². The van der Waals surface area contributed by atoms with Crippen molar-refractivity contribution in [2.45, 2.75) is 19.8 Å². The third kappa shape index (κ3) is 2.65. The molecule has 2 aromatic rings. The number of aromatic hydroxyl groups is 1. The second kappa shape index (κ2) is 5.14. The highest BCUT2D eigenvalue weighted by molar-refractivity contribution is 7.14. The maximum Gasteiger partial charge on any atom is 0.261 e. The highest BCUT2D eigenvalue weighted by atomic mass is 32.1. The molecule has 1 amide bonds. The van der Waals surface area contributed by atoms with E-state index in [0.717, 1.165) is 5.69 Å². The van der Waals surface area contributed by atoms with Gasteiger partial charge < -0.3 is 5.11 Å². The Balaban J connectivity index is 2.14. The predicted molar refractivity (Wildman–Crippen MR) is 70.1 cm³/mol. The van der Waals surface area contributed by atoms with Gasteiger partial charge in [-0.05, 0) is 12.0 Å². The molecular formula is C12H13N3O2S. The van der Waals surface area contributed by atoms with Gasteiger partial charge in [0.15, 0.2) is 5.13 Å².